The van der Waals surface area contributed by atoms with Crippen LogP contribution in [-0.2, 0) is 16.6 Å². The zero-order valence-electron chi connectivity index (χ0n) is 10.4. The molecule has 18 heavy (non-hydrogen) atoms. The average Bonchev–Trinajstić information content (AvgIpc) is 2.79. The summed E-state index contributed by atoms with van der Waals surface area (Å²) in [6.45, 7) is 3.28. The number of nitrogens with one attached hydrogen (secondary N) is 2. The predicted octanol–water partition coefficient (Wildman–Crippen LogP) is 1.89. The monoisotopic (exact) mass is 294 g/mol. The molecule has 0 spiro atoms. The van der Waals surface area contributed by atoms with Crippen LogP contribution in [0.2, 0.25) is 0 Å². The van der Waals surface area contributed by atoms with Crippen LogP contribution < -0.4 is 10.0 Å². The molecule has 0 aliphatic rings. The number of thiophene rings is 1. The van der Waals surface area contributed by atoms with Crippen molar-refractivity contribution in [3.63, 3.8) is 0 Å². The van der Waals surface area contributed by atoms with Gasteiger partial charge in [-0.15, -0.1) is 11.3 Å². The fraction of sp³-hybridized carbons (Fsp3) is 0.636. The molecule has 0 saturated carbocycles. The van der Waals surface area contributed by atoms with Crippen LogP contribution in [-0.4, -0.2) is 28.2 Å². The van der Waals surface area contributed by atoms with Gasteiger partial charge in [-0.2, -0.15) is 0 Å². The molecule has 0 unspecified atom stereocenters. The molecular formula is C11H19FN2O2S2. The highest BCUT2D eigenvalue weighted by Crippen LogP contribution is 2.19. The van der Waals surface area contributed by atoms with Crippen LogP contribution in [0.5, 0.6) is 0 Å². The lowest BCUT2D eigenvalue weighted by Gasteiger charge is -2.02. The number of rotatable bonds is 9. The van der Waals surface area contributed by atoms with E-state index in [1.165, 1.54) is 11.3 Å². The van der Waals surface area contributed by atoms with E-state index >= 15 is 0 Å². The first-order chi connectivity index (χ1) is 8.60. The van der Waals surface area contributed by atoms with Crippen LogP contribution in [0.1, 0.15) is 25.3 Å². The second kappa shape index (κ2) is 7.83. The van der Waals surface area contributed by atoms with Gasteiger partial charge in [-0.3, -0.25) is 4.39 Å². The predicted molar refractivity (Wildman–Crippen MR) is 72.1 cm³/mol. The molecule has 0 aliphatic heterocycles. The van der Waals surface area contributed by atoms with Gasteiger partial charge < -0.3 is 5.32 Å². The molecule has 0 amide bonds. The van der Waals surface area contributed by atoms with Gasteiger partial charge >= 0.3 is 0 Å². The Balaban J connectivity index is 2.55. The maximum Gasteiger partial charge on any atom is 0.250 e. The van der Waals surface area contributed by atoms with E-state index in [1.807, 2.05) is 5.38 Å². The summed E-state index contributed by atoms with van der Waals surface area (Å²) < 4.78 is 38.2. The Labute approximate surface area is 112 Å². The van der Waals surface area contributed by atoms with E-state index in [1.54, 1.807) is 6.07 Å². The number of halogens is 1. The highest BCUT2D eigenvalue weighted by molar-refractivity contribution is 7.91. The van der Waals surface area contributed by atoms with Crippen LogP contribution in [0, 0.1) is 0 Å². The van der Waals surface area contributed by atoms with Crippen LogP contribution >= 0.6 is 11.3 Å². The van der Waals surface area contributed by atoms with Gasteiger partial charge in [0.05, 0.1) is 6.67 Å². The fourth-order valence-electron chi connectivity index (χ4n) is 1.34. The van der Waals surface area contributed by atoms with Gasteiger partial charge in [0.2, 0.25) is 10.0 Å². The number of hydrogen-bond donors (Lipinski definition) is 2. The first-order valence-electron chi connectivity index (χ1n) is 5.94. The van der Waals surface area contributed by atoms with Crippen molar-refractivity contribution in [3.05, 3.63) is 17.0 Å². The first-order valence-corrected chi connectivity index (χ1v) is 8.30. The highest BCUT2D eigenvalue weighted by atomic mass is 32.2. The summed E-state index contributed by atoms with van der Waals surface area (Å²) in [6.07, 6.45) is 1.25. The van der Waals surface area contributed by atoms with Crippen LogP contribution in [0.4, 0.5) is 4.39 Å². The molecule has 0 radical (unpaired) electrons. The molecule has 104 valence electrons. The van der Waals surface area contributed by atoms with Gasteiger partial charge in [-0.25, -0.2) is 13.1 Å². The molecule has 0 atom stereocenters. The molecule has 0 saturated heterocycles. The molecule has 0 aliphatic carbocycles. The summed E-state index contributed by atoms with van der Waals surface area (Å²) in [7, 11) is -3.47. The van der Waals surface area contributed by atoms with E-state index in [9.17, 15) is 12.8 Å². The van der Waals surface area contributed by atoms with Crippen molar-refractivity contribution in [2.75, 3.05) is 19.8 Å². The third-order valence-electron chi connectivity index (χ3n) is 2.25. The van der Waals surface area contributed by atoms with Crippen molar-refractivity contribution in [2.45, 2.75) is 30.5 Å². The molecule has 2 N–H and O–H groups in total. The van der Waals surface area contributed by atoms with E-state index in [4.69, 9.17) is 0 Å². The summed E-state index contributed by atoms with van der Waals surface area (Å²) in [5, 5.41) is 5.04. The summed E-state index contributed by atoms with van der Waals surface area (Å²) in [5.74, 6) is 0. The SMILES string of the molecule is CCCNCc1csc(S(=O)(=O)NCCCF)c1. The fourth-order valence-corrected chi connectivity index (χ4v) is 3.67. The van der Waals surface area contributed by atoms with Crippen molar-refractivity contribution < 1.29 is 12.8 Å². The number of sulfonamides is 1. The summed E-state index contributed by atoms with van der Waals surface area (Å²) in [4.78, 5) is 0. The van der Waals surface area contributed by atoms with Gasteiger partial charge in [-0.1, -0.05) is 6.92 Å². The molecule has 1 rings (SSSR count). The number of alkyl halides is 1. The van der Waals surface area contributed by atoms with Crippen LogP contribution in [0.25, 0.3) is 0 Å². The smallest absolute Gasteiger partial charge is 0.250 e. The first kappa shape index (κ1) is 15.6. The van der Waals surface area contributed by atoms with E-state index in [-0.39, 0.29) is 17.2 Å². The Morgan fingerprint density at radius 2 is 2.17 bits per heavy atom. The van der Waals surface area contributed by atoms with Crippen molar-refractivity contribution >= 4 is 21.4 Å². The molecule has 1 aromatic heterocycles. The quantitative estimate of drug-likeness (QED) is 0.684. The van der Waals surface area contributed by atoms with Crippen LogP contribution in [0.15, 0.2) is 15.7 Å². The molecule has 1 aromatic rings. The maximum absolute atomic E-state index is 11.9. The van der Waals surface area contributed by atoms with Crippen molar-refractivity contribution in [1.29, 1.82) is 0 Å². The second-order valence-electron chi connectivity index (χ2n) is 3.89. The Kier molecular flexibility index (Phi) is 6.77. The lowest BCUT2D eigenvalue weighted by molar-refractivity contribution is 0.470. The Morgan fingerprint density at radius 1 is 1.39 bits per heavy atom. The van der Waals surface area contributed by atoms with Crippen LogP contribution in [0.3, 0.4) is 0 Å². The average molecular weight is 294 g/mol. The lowest BCUT2D eigenvalue weighted by atomic mass is 10.3. The Morgan fingerprint density at radius 3 is 2.83 bits per heavy atom. The zero-order chi connectivity index (χ0) is 13.4. The Bertz CT molecular complexity index is 446. The highest BCUT2D eigenvalue weighted by Gasteiger charge is 2.15. The minimum atomic E-state index is -3.47. The molecule has 4 nitrogen and oxygen atoms in total. The number of hydrogen-bond acceptors (Lipinski definition) is 4. The minimum Gasteiger partial charge on any atom is -0.313 e. The normalized spacial score (nSPS) is 11.9. The molecule has 0 aromatic carbocycles. The third kappa shape index (κ3) is 5.01. The Hall–Kier alpha value is -0.500. The third-order valence-corrected chi connectivity index (χ3v) is 5.20. The second-order valence-corrected chi connectivity index (χ2v) is 6.80. The largest absolute Gasteiger partial charge is 0.313 e. The van der Waals surface area contributed by atoms with Gasteiger partial charge in [-0.05, 0) is 36.4 Å². The standard InChI is InChI=1S/C11H19FN2O2S2/c1-2-5-13-8-10-7-11(17-9-10)18(15,16)14-6-3-4-12/h7,9,13-14H,2-6,8H2,1H3. The van der Waals surface area contributed by atoms with Gasteiger partial charge in [0, 0.05) is 13.1 Å². The van der Waals surface area contributed by atoms with Crippen molar-refractivity contribution in [1.82, 2.24) is 10.0 Å². The summed E-state index contributed by atoms with van der Waals surface area (Å²) in [6, 6.07) is 1.66. The molecule has 1 heterocycles. The van der Waals surface area contributed by atoms with Gasteiger partial charge in [0.25, 0.3) is 0 Å². The molecule has 7 heteroatoms. The summed E-state index contributed by atoms with van der Waals surface area (Å²) in [5.41, 5.74) is 0.958. The lowest BCUT2D eigenvalue weighted by Crippen LogP contribution is -2.24. The maximum atomic E-state index is 11.9. The molecular weight excluding hydrogens is 275 g/mol. The van der Waals surface area contributed by atoms with E-state index in [0.717, 1.165) is 18.5 Å². The topological polar surface area (TPSA) is 58.2 Å². The van der Waals surface area contributed by atoms with E-state index in [2.05, 4.69) is 17.0 Å². The zero-order valence-corrected chi connectivity index (χ0v) is 12.0. The van der Waals surface area contributed by atoms with Crippen molar-refractivity contribution in [2.24, 2.45) is 0 Å². The molecule has 0 bridgehead atoms. The molecule has 0 fully saturated rings. The minimum absolute atomic E-state index is 0.139. The van der Waals surface area contributed by atoms with Crippen molar-refractivity contribution in [3.8, 4) is 0 Å². The van der Waals surface area contributed by atoms with Gasteiger partial charge in [0.15, 0.2) is 0 Å². The van der Waals surface area contributed by atoms with Gasteiger partial charge in [0.1, 0.15) is 4.21 Å². The van der Waals surface area contributed by atoms with E-state index in [0.29, 0.717) is 6.54 Å². The summed E-state index contributed by atoms with van der Waals surface area (Å²) >= 11 is 1.19. The van der Waals surface area contributed by atoms with E-state index < -0.39 is 16.7 Å².